The predicted octanol–water partition coefficient (Wildman–Crippen LogP) is -1.27. The number of hydrogen-bond donors (Lipinski definition) is 3. The molecule has 2 heterocycles. The fourth-order valence-corrected chi connectivity index (χ4v) is 2.14. The molecule has 7 heteroatoms. The van der Waals surface area contributed by atoms with E-state index in [-0.39, 0.29) is 12.5 Å². The summed E-state index contributed by atoms with van der Waals surface area (Å²) in [6, 6.07) is 0. The second kappa shape index (κ2) is 4.68. The van der Waals surface area contributed by atoms with Crippen LogP contribution in [0.2, 0.25) is 0 Å². The summed E-state index contributed by atoms with van der Waals surface area (Å²) in [5.74, 6) is -0.356. The lowest BCUT2D eigenvalue weighted by atomic mass is 10.0. The summed E-state index contributed by atoms with van der Waals surface area (Å²) in [6.07, 6.45) is -0.863. The van der Waals surface area contributed by atoms with E-state index in [0.717, 1.165) is 0 Å². The van der Waals surface area contributed by atoms with E-state index in [9.17, 15) is 14.7 Å². The molecule has 1 fully saturated rings. The highest BCUT2D eigenvalue weighted by Crippen LogP contribution is 2.33. The first-order chi connectivity index (χ1) is 8.45. The third kappa shape index (κ3) is 2.00. The van der Waals surface area contributed by atoms with Crippen LogP contribution in [0.4, 0.5) is 0 Å². The Bertz CT molecular complexity index is 549. The van der Waals surface area contributed by atoms with Gasteiger partial charge in [0.05, 0.1) is 12.7 Å². The van der Waals surface area contributed by atoms with Crippen molar-refractivity contribution in [3.63, 3.8) is 0 Å². The smallest absolute Gasteiger partial charge is 0.330 e. The van der Waals surface area contributed by atoms with Crippen molar-refractivity contribution in [1.82, 2.24) is 9.55 Å². The van der Waals surface area contributed by atoms with Crippen LogP contribution in [0.25, 0.3) is 0 Å². The molecule has 0 amide bonds. The van der Waals surface area contributed by atoms with Gasteiger partial charge < -0.3 is 14.9 Å². The number of aliphatic hydroxyl groups excluding tert-OH is 2. The Hall–Kier alpha value is -1.44. The molecule has 0 aliphatic carbocycles. The monoisotopic (exact) mass is 256 g/mol. The van der Waals surface area contributed by atoms with E-state index in [0.29, 0.717) is 5.56 Å². The predicted molar refractivity (Wildman–Crippen MR) is 62.2 cm³/mol. The van der Waals surface area contributed by atoms with Gasteiger partial charge in [-0.2, -0.15) is 0 Å². The fourth-order valence-electron chi connectivity index (χ4n) is 2.14. The fraction of sp³-hybridized carbons (Fsp3) is 0.636. The first-order valence-electron chi connectivity index (χ1n) is 5.72. The topological polar surface area (TPSA) is 105 Å². The molecule has 1 unspecified atom stereocenters. The SMILES string of the molecule is Cc1cn([C@@H]2O[C@H](CO)C(O)[C@H]2C)c(=O)[nH]c1=O. The van der Waals surface area contributed by atoms with E-state index in [1.54, 1.807) is 13.8 Å². The summed E-state index contributed by atoms with van der Waals surface area (Å²) in [6.45, 7) is 2.98. The van der Waals surface area contributed by atoms with Crippen molar-refractivity contribution in [2.45, 2.75) is 32.3 Å². The first kappa shape index (κ1) is 13.0. The Labute approximate surface area is 103 Å². The summed E-state index contributed by atoms with van der Waals surface area (Å²) >= 11 is 0. The van der Waals surface area contributed by atoms with Gasteiger partial charge in [-0.05, 0) is 6.92 Å². The molecule has 100 valence electrons. The number of aromatic amines is 1. The molecule has 1 aliphatic rings. The van der Waals surface area contributed by atoms with Crippen LogP contribution in [0.3, 0.4) is 0 Å². The second-order valence-electron chi connectivity index (χ2n) is 4.58. The van der Waals surface area contributed by atoms with Gasteiger partial charge in [0.15, 0.2) is 0 Å². The van der Waals surface area contributed by atoms with Crippen LogP contribution >= 0.6 is 0 Å². The summed E-state index contributed by atoms with van der Waals surface area (Å²) in [7, 11) is 0. The Morgan fingerprint density at radius 2 is 2.17 bits per heavy atom. The number of hydrogen-bond acceptors (Lipinski definition) is 5. The second-order valence-corrected chi connectivity index (χ2v) is 4.58. The minimum absolute atomic E-state index is 0.320. The van der Waals surface area contributed by atoms with Crippen molar-refractivity contribution in [3.05, 3.63) is 32.6 Å². The molecule has 0 radical (unpaired) electrons. The van der Waals surface area contributed by atoms with Gasteiger partial charge in [-0.25, -0.2) is 4.79 Å². The molecular weight excluding hydrogens is 240 g/mol. The van der Waals surface area contributed by atoms with Crippen molar-refractivity contribution in [1.29, 1.82) is 0 Å². The maximum Gasteiger partial charge on any atom is 0.330 e. The summed E-state index contributed by atoms with van der Waals surface area (Å²) in [5.41, 5.74) is -0.651. The van der Waals surface area contributed by atoms with Gasteiger partial charge in [-0.15, -0.1) is 0 Å². The largest absolute Gasteiger partial charge is 0.394 e. The van der Waals surface area contributed by atoms with Crippen molar-refractivity contribution in [3.8, 4) is 0 Å². The molecule has 3 N–H and O–H groups in total. The molecule has 7 nitrogen and oxygen atoms in total. The summed E-state index contributed by atoms with van der Waals surface area (Å²) in [4.78, 5) is 25.2. The molecule has 1 aliphatic heterocycles. The number of aromatic nitrogens is 2. The summed E-state index contributed by atoms with van der Waals surface area (Å²) in [5, 5.41) is 18.9. The van der Waals surface area contributed by atoms with Crippen LogP contribution in [0.5, 0.6) is 0 Å². The molecule has 4 atom stereocenters. The van der Waals surface area contributed by atoms with Crippen LogP contribution in [0.1, 0.15) is 18.7 Å². The number of nitrogens with one attached hydrogen (secondary N) is 1. The van der Waals surface area contributed by atoms with Gasteiger partial charge in [-0.1, -0.05) is 6.92 Å². The van der Waals surface area contributed by atoms with Gasteiger partial charge in [-0.3, -0.25) is 14.3 Å². The maximum atomic E-state index is 11.7. The third-order valence-corrected chi connectivity index (χ3v) is 3.28. The first-order valence-corrected chi connectivity index (χ1v) is 5.72. The molecule has 18 heavy (non-hydrogen) atoms. The Balaban J connectivity index is 2.42. The van der Waals surface area contributed by atoms with Crippen LogP contribution < -0.4 is 11.2 Å². The molecular formula is C11H16N2O5. The quantitative estimate of drug-likeness (QED) is 0.612. The van der Waals surface area contributed by atoms with E-state index < -0.39 is 29.7 Å². The zero-order valence-corrected chi connectivity index (χ0v) is 10.2. The minimum atomic E-state index is -0.848. The van der Waals surface area contributed by atoms with Gasteiger partial charge in [0.2, 0.25) is 0 Å². The standard InChI is InChI=1S/C11H16N2O5/c1-5-3-13(11(17)12-9(5)16)10-6(2)8(15)7(4-14)18-10/h3,6-8,10,14-15H,4H2,1-2H3,(H,12,16,17)/t6-,7-,8?,10-/m1/s1. The molecule has 2 rings (SSSR count). The van der Waals surface area contributed by atoms with Crippen LogP contribution in [-0.2, 0) is 4.74 Å². The number of aryl methyl sites for hydroxylation is 1. The van der Waals surface area contributed by atoms with Crippen molar-refractivity contribution >= 4 is 0 Å². The van der Waals surface area contributed by atoms with Gasteiger partial charge in [0, 0.05) is 17.7 Å². The molecule has 0 bridgehead atoms. The number of H-pyrrole nitrogens is 1. The molecule has 1 aromatic heterocycles. The van der Waals surface area contributed by atoms with Crippen LogP contribution in [0, 0.1) is 12.8 Å². The van der Waals surface area contributed by atoms with Gasteiger partial charge >= 0.3 is 5.69 Å². The number of nitrogens with zero attached hydrogens (tertiary/aromatic N) is 1. The van der Waals surface area contributed by atoms with E-state index in [4.69, 9.17) is 9.84 Å². The molecule has 0 aromatic carbocycles. The lowest BCUT2D eigenvalue weighted by molar-refractivity contribution is -0.0477. The zero-order chi connectivity index (χ0) is 13.4. The minimum Gasteiger partial charge on any atom is -0.394 e. The van der Waals surface area contributed by atoms with Gasteiger partial charge in [0.1, 0.15) is 12.3 Å². The van der Waals surface area contributed by atoms with E-state index in [1.807, 2.05) is 0 Å². The third-order valence-electron chi connectivity index (χ3n) is 3.28. The van der Waals surface area contributed by atoms with Crippen molar-refractivity contribution in [2.24, 2.45) is 5.92 Å². The van der Waals surface area contributed by atoms with Crippen LogP contribution in [-0.4, -0.2) is 38.6 Å². The van der Waals surface area contributed by atoms with E-state index in [2.05, 4.69) is 4.98 Å². The normalized spacial score (nSPS) is 31.8. The number of rotatable bonds is 2. The maximum absolute atomic E-state index is 11.7. The Kier molecular flexibility index (Phi) is 3.38. The van der Waals surface area contributed by atoms with Gasteiger partial charge in [0.25, 0.3) is 5.56 Å². The van der Waals surface area contributed by atoms with E-state index >= 15 is 0 Å². The highest BCUT2D eigenvalue weighted by molar-refractivity contribution is 5.02. The van der Waals surface area contributed by atoms with E-state index in [1.165, 1.54) is 10.8 Å². The number of ether oxygens (including phenoxy) is 1. The molecule has 0 spiro atoms. The average molecular weight is 256 g/mol. The molecule has 1 aromatic rings. The lowest BCUT2D eigenvalue weighted by Gasteiger charge is -2.18. The Morgan fingerprint density at radius 1 is 1.50 bits per heavy atom. The lowest BCUT2D eigenvalue weighted by Crippen LogP contribution is -2.35. The Morgan fingerprint density at radius 3 is 2.72 bits per heavy atom. The summed E-state index contributed by atoms with van der Waals surface area (Å²) < 4.78 is 6.67. The number of aliphatic hydroxyl groups is 2. The highest BCUT2D eigenvalue weighted by atomic mass is 16.5. The van der Waals surface area contributed by atoms with Crippen molar-refractivity contribution in [2.75, 3.05) is 6.61 Å². The van der Waals surface area contributed by atoms with Crippen LogP contribution in [0.15, 0.2) is 15.8 Å². The highest BCUT2D eigenvalue weighted by Gasteiger charge is 2.41. The molecule has 1 saturated heterocycles. The average Bonchev–Trinajstić information content (AvgIpc) is 2.61. The molecule has 0 saturated carbocycles. The van der Waals surface area contributed by atoms with Crippen molar-refractivity contribution < 1.29 is 14.9 Å². The zero-order valence-electron chi connectivity index (χ0n) is 10.2.